The molecule has 0 unspecified atom stereocenters. The molecule has 0 radical (unpaired) electrons. The Morgan fingerprint density at radius 1 is 1.30 bits per heavy atom. The Kier molecular flexibility index (Phi) is 6.59. The average Bonchev–Trinajstić information content (AvgIpc) is 2.55. The lowest BCUT2D eigenvalue weighted by Gasteiger charge is -2.32. The topological polar surface area (TPSA) is 58.6 Å². The highest BCUT2D eigenvalue weighted by molar-refractivity contribution is 5.94. The van der Waals surface area contributed by atoms with E-state index in [2.05, 4.69) is 17.1 Å². The van der Waals surface area contributed by atoms with Crippen molar-refractivity contribution in [2.24, 2.45) is 0 Å². The van der Waals surface area contributed by atoms with E-state index >= 15 is 0 Å². The molecule has 1 saturated heterocycles. The van der Waals surface area contributed by atoms with Crippen LogP contribution in [0.2, 0.25) is 0 Å². The zero-order valence-electron chi connectivity index (χ0n) is 14.0. The molecule has 126 valence electrons. The van der Waals surface area contributed by atoms with E-state index < -0.39 is 0 Å². The van der Waals surface area contributed by atoms with Gasteiger partial charge in [-0.05, 0) is 44.9 Å². The zero-order chi connectivity index (χ0) is 16.7. The first-order valence-electron chi connectivity index (χ1n) is 8.34. The van der Waals surface area contributed by atoms with Crippen molar-refractivity contribution in [3.05, 3.63) is 29.8 Å². The van der Waals surface area contributed by atoms with Crippen LogP contribution in [0.1, 0.15) is 43.5 Å². The van der Waals surface area contributed by atoms with Gasteiger partial charge in [0.2, 0.25) is 0 Å². The van der Waals surface area contributed by atoms with Gasteiger partial charge in [0.05, 0.1) is 0 Å². The van der Waals surface area contributed by atoms with Crippen molar-refractivity contribution in [1.29, 1.82) is 0 Å². The van der Waals surface area contributed by atoms with Crippen molar-refractivity contribution in [2.45, 2.75) is 39.2 Å². The van der Waals surface area contributed by atoms with E-state index in [4.69, 9.17) is 4.74 Å². The van der Waals surface area contributed by atoms with Gasteiger partial charge in [0, 0.05) is 24.7 Å². The van der Waals surface area contributed by atoms with Gasteiger partial charge in [-0.25, -0.2) is 0 Å². The molecular formula is C18H26N2O3. The first kappa shape index (κ1) is 17.5. The van der Waals surface area contributed by atoms with E-state index in [1.165, 1.54) is 13.3 Å². The summed E-state index contributed by atoms with van der Waals surface area (Å²) in [5.74, 6) is 0.427. The van der Waals surface area contributed by atoms with Gasteiger partial charge in [0.25, 0.3) is 5.91 Å². The summed E-state index contributed by atoms with van der Waals surface area (Å²) in [7, 11) is 0. The van der Waals surface area contributed by atoms with Crippen LogP contribution in [0.25, 0.3) is 0 Å². The second-order valence-corrected chi connectivity index (χ2v) is 6.06. The van der Waals surface area contributed by atoms with Crippen LogP contribution in [0.5, 0.6) is 5.75 Å². The summed E-state index contributed by atoms with van der Waals surface area (Å²) in [5, 5.41) is 3.03. The van der Waals surface area contributed by atoms with Crippen molar-refractivity contribution < 1.29 is 14.3 Å². The predicted octanol–water partition coefficient (Wildman–Crippen LogP) is 2.26. The number of carbonyl (C=O) groups excluding carboxylic acids is 2. The molecule has 1 fully saturated rings. The molecule has 1 heterocycles. The van der Waals surface area contributed by atoms with Gasteiger partial charge in [-0.3, -0.25) is 9.59 Å². The monoisotopic (exact) mass is 318 g/mol. The molecule has 0 bridgehead atoms. The number of nitrogens with one attached hydrogen (secondary N) is 1. The van der Waals surface area contributed by atoms with Crippen LogP contribution in [-0.2, 0) is 4.79 Å². The van der Waals surface area contributed by atoms with Crippen LogP contribution < -0.4 is 10.1 Å². The Bertz CT molecular complexity index is 537. The highest BCUT2D eigenvalue weighted by Gasteiger charge is 2.20. The number of hydrogen-bond acceptors (Lipinski definition) is 4. The average molecular weight is 318 g/mol. The third-order valence-electron chi connectivity index (χ3n) is 4.10. The van der Waals surface area contributed by atoms with Crippen molar-refractivity contribution in [2.75, 3.05) is 26.2 Å². The van der Waals surface area contributed by atoms with E-state index in [0.29, 0.717) is 11.3 Å². The number of amides is 1. The number of ketones is 1. The Morgan fingerprint density at radius 3 is 2.70 bits per heavy atom. The van der Waals surface area contributed by atoms with Crippen molar-refractivity contribution >= 4 is 11.7 Å². The Morgan fingerprint density at radius 2 is 2.04 bits per heavy atom. The van der Waals surface area contributed by atoms with Crippen LogP contribution in [0.4, 0.5) is 0 Å². The number of likely N-dealkylation sites (tertiary alicyclic amines) is 1. The molecule has 0 spiro atoms. The SMILES string of the molecule is CCCN1CCC(NC(=O)COc2cccc(C(C)=O)c2)CC1. The third-order valence-corrected chi connectivity index (χ3v) is 4.10. The lowest BCUT2D eigenvalue weighted by atomic mass is 10.0. The summed E-state index contributed by atoms with van der Waals surface area (Å²) in [4.78, 5) is 25.8. The summed E-state index contributed by atoms with van der Waals surface area (Å²) in [6.45, 7) is 6.90. The molecule has 1 amide bonds. The van der Waals surface area contributed by atoms with Gasteiger partial charge in [-0.1, -0.05) is 19.1 Å². The number of benzene rings is 1. The fourth-order valence-corrected chi connectivity index (χ4v) is 2.84. The van der Waals surface area contributed by atoms with E-state index in [1.807, 2.05) is 0 Å². The maximum absolute atomic E-state index is 12.0. The fourth-order valence-electron chi connectivity index (χ4n) is 2.84. The molecule has 1 aromatic rings. The highest BCUT2D eigenvalue weighted by Crippen LogP contribution is 2.14. The molecule has 0 aliphatic carbocycles. The Hall–Kier alpha value is -1.88. The molecule has 23 heavy (non-hydrogen) atoms. The van der Waals surface area contributed by atoms with E-state index in [1.54, 1.807) is 24.3 Å². The normalized spacial score (nSPS) is 16.1. The van der Waals surface area contributed by atoms with Gasteiger partial charge in [0.1, 0.15) is 5.75 Å². The minimum atomic E-state index is -0.104. The van der Waals surface area contributed by atoms with Crippen LogP contribution in [0.15, 0.2) is 24.3 Å². The highest BCUT2D eigenvalue weighted by atomic mass is 16.5. The van der Waals surface area contributed by atoms with Crippen LogP contribution in [0, 0.1) is 0 Å². The molecule has 2 rings (SSSR count). The first-order chi connectivity index (χ1) is 11.1. The van der Waals surface area contributed by atoms with Crippen LogP contribution >= 0.6 is 0 Å². The number of Topliss-reactive ketones (excluding diaryl/α,β-unsaturated/α-hetero) is 1. The maximum Gasteiger partial charge on any atom is 0.258 e. The Labute approximate surface area is 138 Å². The molecule has 1 aromatic carbocycles. The summed E-state index contributed by atoms with van der Waals surface area (Å²) in [6.07, 6.45) is 3.15. The van der Waals surface area contributed by atoms with E-state index in [0.717, 1.165) is 32.5 Å². The number of hydrogen-bond donors (Lipinski definition) is 1. The number of rotatable bonds is 7. The molecule has 1 N–H and O–H groups in total. The summed E-state index contributed by atoms with van der Waals surface area (Å²) < 4.78 is 5.49. The maximum atomic E-state index is 12.0. The lowest BCUT2D eigenvalue weighted by Crippen LogP contribution is -2.46. The van der Waals surface area contributed by atoms with Crippen molar-refractivity contribution in [3.63, 3.8) is 0 Å². The van der Waals surface area contributed by atoms with E-state index in [9.17, 15) is 9.59 Å². The number of piperidine rings is 1. The number of nitrogens with zero attached hydrogens (tertiary/aromatic N) is 1. The van der Waals surface area contributed by atoms with Gasteiger partial charge in [-0.15, -0.1) is 0 Å². The second kappa shape index (κ2) is 8.67. The number of carbonyl (C=O) groups is 2. The largest absolute Gasteiger partial charge is 0.484 e. The van der Waals surface area contributed by atoms with Gasteiger partial charge >= 0.3 is 0 Å². The van der Waals surface area contributed by atoms with E-state index in [-0.39, 0.29) is 24.3 Å². The molecule has 1 aliphatic rings. The fraction of sp³-hybridized carbons (Fsp3) is 0.556. The van der Waals surface area contributed by atoms with Crippen molar-refractivity contribution in [3.8, 4) is 5.75 Å². The molecule has 0 atom stereocenters. The van der Waals surface area contributed by atoms with Gasteiger partial charge in [-0.2, -0.15) is 0 Å². The summed E-state index contributed by atoms with van der Waals surface area (Å²) in [6, 6.07) is 7.15. The Balaban J connectivity index is 1.73. The zero-order valence-corrected chi connectivity index (χ0v) is 14.0. The smallest absolute Gasteiger partial charge is 0.258 e. The first-order valence-corrected chi connectivity index (χ1v) is 8.34. The van der Waals surface area contributed by atoms with Crippen LogP contribution in [0.3, 0.4) is 0 Å². The minimum absolute atomic E-state index is 0.0151. The molecular weight excluding hydrogens is 292 g/mol. The minimum Gasteiger partial charge on any atom is -0.484 e. The molecule has 5 nitrogen and oxygen atoms in total. The second-order valence-electron chi connectivity index (χ2n) is 6.06. The summed E-state index contributed by atoms with van der Waals surface area (Å²) in [5.41, 5.74) is 0.589. The third kappa shape index (κ3) is 5.67. The lowest BCUT2D eigenvalue weighted by molar-refractivity contribution is -0.124. The molecule has 1 aliphatic heterocycles. The summed E-state index contributed by atoms with van der Waals surface area (Å²) >= 11 is 0. The molecule has 0 aromatic heterocycles. The predicted molar refractivity (Wildman–Crippen MR) is 89.8 cm³/mol. The molecule has 5 heteroatoms. The standard InChI is InChI=1S/C18H26N2O3/c1-3-9-20-10-7-16(8-11-20)19-18(22)13-23-17-6-4-5-15(12-17)14(2)21/h4-6,12,16H,3,7-11,13H2,1-2H3,(H,19,22). The van der Waals surface area contributed by atoms with Gasteiger partial charge in [0.15, 0.2) is 12.4 Å². The van der Waals surface area contributed by atoms with Crippen molar-refractivity contribution in [1.82, 2.24) is 10.2 Å². The van der Waals surface area contributed by atoms with Crippen LogP contribution in [-0.4, -0.2) is 48.9 Å². The van der Waals surface area contributed by atoms with Gasteiger partial charge < -0.3 is 15.0 Å². The quantitative estimate of drug-likeness (QED) is 0.784. The number of ether oxygens (including phenoxy) is 1. The molecule has 0 saturated carbocycles.